The number of hydrogen-bond acceptors (Lipinski definition) is 1. The van der Waals surface area contributed by atoms with Crippen molar-refractivity contribution in [2.24, 2.45) is 0 Å². The van der Waals surface area contributed by atoms with Crippen LogP contribution >= 0.6 is 0 Å². The predicted molar refractivity (Wildman–Crippen MR) is 6.44 cm³/mol. The summed E-state index contributed by atoms with van der Waals surface area (Å²) in [6, 6.07) is 0. The van der Waals surface area contributed by atoms with Crippen molar-refractivity contribution in [2.45, 2.75) is 0 Å². The van der Waals surface area contributed by atoms with Crippen molar-refractivity contribution in [3.63, 3.8) is 0 Å². The molecule has 0 rings (SSSR count). The zero-order valence-corrected chi connectivity index (χ0v) is 5.82. The average Bonchev–Trinajstić information content (AvgIpc) is 1.00. The summed E-state index contributed by atoms with van der Waals surface area (Å²) in [5.41, 5.74) is 0. The summed E-state index contributed by atoms with van der Waals surface area (Å²) in [5, 5.41) is 0. The van der Waals surface area contributed by atoms with Gasteiger partial charge in [0.1, 0.15) is 0 Å². The van der Waals surface area contributed by atoms with Crippen LogP contribution in [0.15, 0.2) is 0 Å². The van der Waals surface area contributed by atoms with Crippen LogP contribution in [0.2, 0.25) is 0 Å². The quantitative estimate of drug-likeness (QED) is 0.342. The van der Waals surface area contributed by atoms with Gasteiger partial charge >= 0.3 is 54.9 Å². The van der Waals surface area contributed by atoms with Crippen LogP contribution in [0, 0.1) is 0 Å². The summed E-state index contributed by atoms with van der Waals surface area (Å²) in [4.78, 5) is 0. The molecule has 0 aliphatic heterocycles. The van der Waals surface area contributed by atoms with Gasteiger partial charge in [-0.05, 0) is 0 Å². The van der Waals surface area contributed by atoms with E-state index >= 15 is 0 Å². The molecule has 0 unspecified atom stereocenters. The van der Waals surface area contributed by atoms with Crippen LogP contribution in [0.1, 0.15) is 0 Å². The van der Waals surface area contributed by atoms with Gasteiger partial charge in [-0.25, -0.2) is 0 Å². The Balaban J connectivity index is -0.00000000167. The summed E-state index contributed by atoms with van der Waals surface area (Å²) in [7, 11) is 0. The van der Waals surface area contributed by atoms with Crippen LogP contribution in [-0.4, -0.2) is 17.4 Å². The second-order valence-corrected chi connectivity index (χ2v) is 0. The molecule has 0 amide bonds. The molecule has 0 aromatic carbocycles. The third-order valence-electron chi connectivity index (χ3n) is 0. The van der Waals surface area contributed by atoms with E-state index in [4.69, 9.17) is 3.90 Å². The molecule has 0 saturated carbocycles. The monoisotopic (exact) mass is 167 g/mol. The van der Waals surface area contributed by atoms with Crippen LogP contribution in [0.5, 0.6) is 0 Å². The first-order valence-corrected chi connectivity index (χ1v) is 0.532. The van der Waals surface area contributed by atoms with E-state index in [-0.39, 0.29) is 53.0 Å². The Labute approximate surface area is 71.7 Å². The fourth-order valence-electron chi connectivity index (χ4n) is 0. The van der Waals surface area contributed by atoms with Gasteiger partial charge in [0.15, 0.2) is 0 Å². The van der Waals surface area contributed by atoms with Gasteiger partial charge in [0.05, 0.1) is 0 Å². The van der Waals surface area contributed by atoms with Gasteiger partial charge in [-0.2, -0.15) is 0 Å². The van der Waals surface area contributed by atoms with Crippen LogP contribution < -0.4 is 18.9 Å². The van der Waals surface area contributed by atoms with Gasteiger partial charge in [-0.3, -0.25) is 0 Å². The van der Waals surface area contributed by atoms with Crippen LogP contribution in [0.25, 0.3) is 0 Å². The molecule has 5 heavy (non-hydrogen) atoms. The van der Waals surface area contributed by atoms with Crippen molar-refractivity contribution in [2.75, 3.05) is 0 Å². The normalized spacial score (nSPS) is 1.20. The van der Waals surface area contributed by atoms with Gasteiger partial charge in [0.2, 0.25) is 0 Å². The van der Waals surface area contributed by atoms with Gasteiger partial charge in [0, 0.05) is 17.4 Å². The molecule has 0 N–H and O–H groups in total. The first kappa shape index (κ1) is 28.4. The van der Waals surface area contributed by atoms with Crippen molar-refractivity contribution in [3.8, 4) is 0 Å². The maximum atomic E-state index is 7.88. The Bertz CT molecular complexity index is 11.6. The minimum atomic E-state index is 0. The zero-order valence-electron chi connectivity index (χ0n) is 2.64. The van der Waals surface area contributed by atoms with Gasteiger partial charge in [-0.15, -0.1) is 0 Å². The van der Waals surface area contributed by atoms with Crippen LogP contribution in [-0.2, 0) is 36.1 Å². The van der Waals surface area contributed by atoms with Crippen molar-refractivity contribution in [3.05, 3.63) is 0 Å². The molecule has 0 saturated heterocycles. The number of hydrogen-bond donors (Lipinski definition) is 0. The summed E-state index contributed by atoms with van der Waals surface area (Å²) < 4.78 is 7.88. The maximum absolute atomic E-state index is 7.88. The number of rotatable bonds is 0. The Morgan fingerprint density at radius 2 is 1.20 bits per heavy atom. The summed E-state index contributed by atoms with van der Waals surface area (Å²) in [6.45, 7) is 0. The molecule has 0 aliphatic rings. The van der Waals surface area contributed by atoms with Gasteiger partial charge in [0.25, 0.3) is 0 Å². The van der Waals surface area contributed by atoms with Crippen molar-refractivity contribution in [1.29, 1.82) is 0 Å². The second-order valence-electron chi connectivity index (χ2n) is 0. The summed E-state index contributed by atoms with van der Waals surface area (Å²) >= 11 is 2.62. The molecule has 0 aliphatic carbocycles. The summed E-state index contributed by atoms with van der Waals surface area (Å²) in [6.07, 6.45) is 0. The molecule has 0 aromatic rings. The van der Waals surface area contributed by atoms with E-state index in [2.05, 4.69) is 15.4 Å². The molecular weight excluding hydrogens is 168 g/mol. The van der Waals surface area contributed by atoms with Crippen molar-refractivity contribution in [1.82, 2.24) is 0 Å². The van der Waals surface area contributed by atoms with Gasteiger partial charge < -0.3 is 0 Å². The molecule has 26 valence electrons. The van der Waals surface area contributed by atoms with E-state index < -0.39 is 0 Å². The van der Waals surface area contributed by atoms with E-state index in [1.807, 2.05) is 0 Å². The fraction of sp³-hybridized carbons (Fsp3) is 0. The standard InChI is InChI=1S/Al.Co.Li.Ni.O/q;+2;+1;;. The van der Waals surface area contributed by atoms with E-state index in [0.29, 0.717) is 0 Å². The Kier molecular flexibility index (Phi) is 220. The molecule has 1 nitrogen and oxygen atoms in total. The SMILES string of the molecule is [Al].[Co+2].[Li+].[O]=[Ni]. The van der Waals surface area contributed by atoms with E-state index in [1.54, 1.807) is 0 Å². The van der Waals surface area contributed by atoms with Crippen LogP contribution in [0.4, 0.5) is 0 Å². The molecule has 4 radical (unpaired) electrons. The molecule has 0 fully saturated rings. The molecular formula is AlCoLiNiO+3. The predicted octanol–water partition coefficient (Wildman–Crippen LogP) is -3.50. The minimum absolute atomic E-state index is 0. The molecule has 0 spiro atoms. The molecule has 0 bridgehead atoms. The Morgan fingerprint density at radius 3 is 1.20 bits per heavy atom. The van der Waals surface area contributed by atoms with E-state index in [0.717, 1.165) is 0 Å². The molecule has 5 heteroatoms. The Morgan fingerprint density at radius 1 is 1.20 bits per heavy atom. The second kappa shape index (κ2) is 38.7. The van der Waals surface area contributed by atoms with Crippen molar-refractivity contribution < 1.29 is 54.9 Å². The zero-order chi connectivity index (χ0) is 2.00. The molecule has 0 atom stereocenters. The first-order valence-electron chi connectivity index (χ1n) is 0.129. The molecule has 0 aromatic heterocycles. The fourth-order valence-corrected chi connectivity index (χ4v) is 0. The van der Waals surface area contributed by atoms with E-state index in [1.165, 1.54) is 0 Å². The van der Waals surface area contributed by atoms with E-state index in [9.17, 15) is 0 Å². The third kappa shape index (κ3) is 24.6. The first-order chi connectivity index (χ1) is 1.00. The average molecular weight is 168 g/mol. The van der Waals surface area contributed by atoms with Crippen LogP contribution in [0.3, 0.4) is 0 Å². The summed E-state index contributed by atoms with van der Waals surface area (Å²) in [5.74, 6) is 0. The van der Waals surface area contributed by atoms with Crippen molar-refractivity contribution >= 4 is 17.4 Å². The Hall–Kier alpha value is 1.93. The van der Waals surface area contributed by atoms with Gasteiger partial charge in [-0.1, -0.05) is 0 Å². The third-order valence-corrected chi connectivity index (χ3v) is 0. The molecule has 0 heterocycles. The topological polar surface area (TPSA) is 17.1 Å².